The van der Waals surface area contributed by atoms with Gasteiger partial charge in [-0.05, 0) is 69.1 Å². The molecule has 0 N–H and O–H groups in total. The molecule has 0 spiro atoms. The van der Waals surface area contributed by atoms with Crippen molar-refractivity contribution < 1.29 is 0 Å². The van der Waals surface area contributed by atoms with E-state index in [-0.39, 0.29) is 0 Å². The third-order valence-electron chi connectivity index (χ3n) is 8.09. The van der Waals surface area contributed by atoms with E-state index in [1.165, 1.54) is 116 Å². The molecule has 0 unspecified atom stereocenters. The van der Waals surface area contributed by atoms with Gasteiger partial charge in [-0.15, -0.1) is 0 Å². The van der Waals surface area contributed by atoms with Crippen LogP contribution in [-0.4, -0.2) is 9.97 Å². The predicted molar refractivity (Wildman–Crippen MR) is 144 cm³/mol. The Hall–Kier alpha value is -1.80. The Morgan fingerprint density at radius 1 is 0.618 bits per heavy atom. The van der Waals surface area contributed by atoms with Crippen molar-refractivity contribution in [3.63, 3.8) is 0 Å². The Labute approximate surface area is 210 Å². The van der Waals surface area contributed by atoms with Crippen LogP contribution >= 0.6 is 0 Å². The lowest BCUT2D eigenvalue weighted by Gasteiger charge is -2.25. The van der Waals surface area contributed by atoms with Crippen LogP contribution in [0.2, 0.25) is 0 Å². The second kappa shape index (κ2) is 16.0. The summed E-state index contributed by atoms with van der Waals surface area (Å²) in [5.74, 6) is 17.1. The van der Waals surface area contributed by atoms with Crippen LogP contribution in [0.4, 0.5) is 0 Å². The first-order valence-electron chi connectivity index (χ1n) is 14.6. The molecule has 0 bridgehead atoms. The first-order chi connectivity index (χ1) is 16.8. The lowest BCUT2D eigenvalue weighted by Crippen LogP contribution is -2.13. The maximum Gasteiger partial charge on any atom is 0.204 e. The monoisotopic (exact) mass is 460 g/mol. The van der Waals surface area contributed by atoms with Crippen LogP contribution in [0.3, 0.4) is 0 Å². The van der Waals surface area contributed by atoms with E-state index in [0.29, 0.717) is 17.7 Å². The lowest BCUT2D eigenvalue weighted by molar-refractivity contribution is 0.294. The minimum absolute atomic E-state index is 0.525. The molecule has 1 aromatic rings. The Morgan fingerprint density at radius 3 is 1.56 bits per heavy atom. The number of unbranched alkanes of at least 4 members (excludes halogenated alkanes) is 6. The summed E-state index contributed by atoms with van der Waals surface area (Å²) < 4.78 is 0. The van der Waals surface area contributed by atoms with Crippen molar-refractivity contribution in [2.24, 2.45) is 23.7 Å². The number of hydrogen-bond acceptors (Lipinski definition) is 2. The molecule has 2 saturated carbocycles. The molecular weight excluding hydrogens is 412 g/mol. The van der Waals surface area contributed by atoms with Gasteiger partial charge in [0.2, 0.25) is 5.82 Å². The largest absolute Gasteiger partial charge is 0.228 e. The van der Waals surface area contributed by atoms with Crippen LogP contribution in [0, 0.1) is 47.4 Å². The average Bonchev–Trinajstić information content (AvgIpc) is 2.89. The third-order valence-corrected chi connectivity index (χ3v) is 8.09. The van der Waals surface area contributed by atoms with Crippen LogP contribution in [0.5, 0.6) is 0 Å². The van der Waals surface area contributed by atoms with Crippen molar-refractivity contribution in [2.75, 3.05) is 0 Å². The van der Waals surface area contributed by atoms with Gasteiger partial charge in [0.05, 0.1) is 5.56 Å². The van der Waals surface area contributed by atoms with Gasteiger partial charge in [-0.2, -0.15) is 0 Å². The maximum absolute atomic E-state index is 4.47. The fraction of sp³-hybridized carbons (Fsp3) is 0.750. The highest BCUT2D eigenvalue weighted by Gasteiger charge is 2.20. The summed E-state index contributed by atoms with van der Waals surface area (Å²) in [6.45, 7) is 4.58. The molecule has 186 valence electrons. The van der Waals surface area contributed by atoms with E-state index in [4.69, 9.17) is 0 Å². The zero-order valence-corrected chi connectivity index (χ0v) is 22.1. The minimum atomic E-state index is 0.525. The van der Waals surface area contributed by atoms with Gasteiger partial charge in [-0.25, -0.2) is 9.97 Å². The van der Waals surface area contributed by atoms with Crippen molar-refractivity contribution in [3.8, 4) is 23.7 Å². The molecule has 0 atom stereocenters. The maximum atomic E-state index is 4.47. The van der Waals surface area contributed by atoms with Crippen LogP contribution in [-0.2, 0) is 0 Å². The van der Waals surface area contributed by atoms with E-state index in [2.05, 4.69) is 47.5 Å². The standard InChI is InChI=1S/C32H48N2/c1-3-5-7-9-11-27-13-17-29(18-14-27)21-22-31-25-33-32(34-26-31)24-23-30-19-15-28(16-20-30)12-10-8-6-4-2/h25-30H,3-20H2,1-2H3/t27-,28-,29-,30-. The molecule has 34 heavy (non-hydrogen) atoms. The molecule has 0 aromatic carbocycles. The molecule has 2 fully saturated rings. The van der Waals surface area contributed by atoms with Gasteiger partial charge in [-0.1, -0.05) is 95.8 Å². The van der Waals surface area contributed by atoms with Gasteiger partial charge in [0.25, 0.3) is 0 Å². The molecule has 2 aliphatic carbocycles. The van der Waals surface area contributed by atoms with Gasteiger partial charge in [0, 0.05) is 24.2 Å². The summed E-state index contributed by atoms with van der Waals surface area (Å²) in [5, 5.41) is 0. The summed E-state index contributed by atoms with van der Waals surface area (Å²) >= 11 is 0. The van der Waals surface area contributed by atoms with E-state index in [9.17, 15) is 0 Å². The first-order valence-corrected chi connectivity index (χ1v) is 14.6. The van der Waals surface area contributed by atoms with Crippen molar-refractivity contribution >= 4 is 0 Å². The van der Waals surface area contributed by atoms with E-state index in [1.807, 2.05) is 12.4 Å². The zero-order valence-electron chi connectivity index (χ0n) is 22.1. The molecule has 0 radical (unpaired) electrons. The molecule has 0 aliphatic heterocycles. The zero-order chi connectivity index (χ0) is 23.8. The van der Waals surface area contributed by atoms with Crippen molar-refractivity contribution in [1.29, 1.82) is 0 Å². The molecule has 0 amide bonds. The highest BCUT2D eigenvalue weighted by Crippen LogP contribution is 2.32. The number of hydrogen-bond donors (Lipinski definition) is 0. The van der Waals surface area contributed by atoms with Crippen LogP contribution in [0.15, 0.2) is 12.4 Å². The van der Waals surface area contributed by atoms with Crippen molar-refractivity contribution in [1.82, 2.24) is 9.97 Å². The van der Waals surface area contributed by atoms with Crippen LogP contribution in [0.25, 0.3) is 0 Å². The molecule has 2 nitrogen and oxygen atoms in total. The quantitative estimate of drug-likeness (QED) is 0.258. The summed E-state index contributed by atoms with van der Waals surface area (Å²) in [6, 6.07) is 0. The summed E-state index contributed by atoms with van der Waals surface area (Å²) in [4.78, 5) is 8.95. The van der Waals surface area contributed by atoms with E-state index < -0.39 is 0 Å². The lowest BCUT2D eigenvalue weighted by atomic mass is 9.80. The predicted octanol–water partition coefficient (Wildman–Crippen LogP) is 8.73. The van der Waals surface area contributed by atoms with Crippen molar-refractivity contribution in [2.45, 2.75) is 129 Å². The second-order valence-corrected chi connectivity index (χ2v) is 11.0. The fourth-order valence-corrected chi connectivity index (χ4v) is 5.72. The highest BCUT2D eigenvalue weighted by molar-refractivity contribution is 5.32. The third kappa shape index (κ3) is 10.2. The number of aromatic nitrogens is 2. The van der Waals surface area contributed by atoms with Gasteiger partial charge in [0.15, 0.2) is 0 Å². The fourth-order valence-electron chi connectivity index (χ4n) is 5.72. The smallest absolute Gasteiger partial charge is 0.204 e. The average molecular weight is 461 g/mol. The Morgan fingerprint density at radius 2 is 1.09 bits per heavy atom. The van der Waals surface area contributed by atoms with Gasteiger partial charge >= 0.3 is 0 Å². The first kappa shape index (κ1) is 26.8. The van der Waals surface area contributed by atoms with Crippen molar-refractivity contribution in [3.05, 3.63) is 23.8 Å². The summed E-state index contributed by atoms with van der Waals surface area (Å²) in [5.41, 5.74) is 0.927. The SMILES string of the molecule is CCCCCC[C@H]1CC[C@H](C#Cc2cnc(C#C[C@H]3CC[C@H](CCCCCC)CC3)nc2)CC1. The van der Waals surface area contributed by atoms with E-state index >= 15 is 0 Å². The summed E-state index contributed by atoms with van der Waals surface area (Å²) in [7, 11) is 0. The molecule has 1 aromatic heterocycles. The molecule has 1 heterocycles. The molecule has 3 rings (SSSR count). The second-order valence-electron chi connectivity index (χ2n) is 11.0. The minimum Gasteiger partial charge on any atom is -0.228 e. The Bertz CT molecular complexity index is 718. The topological polar surface area (TPSA) is 25.8 Å². The molecule has 2 heteroatoms. The summed E-state index contributed by atoms with van der Waals surface area (Å²) in [6.07, 6.45) is 28.1. The van der Waals surface area contributed by atoms with E-state index in [0.717, 1.165) is 17.4 Å². The Balaban J connectivity index is 1.35. The van der Waals surface area contributed by atoms with Gasteiger partial charge in [0.1, 0.15) is 0 Å². The number of rotatable bonds is 10. The van der Waals surface area contributed by atoms with Crippen LogP contribution in [0.1, 0.15) is 141 Å². The number of nitrogens with zero attached hydrogens (tertiary/aromatic N) is 2. The highest BCUT2D eigenvalue weighted by atomic mass is 14.8. The van der Waals surface area contributed by atoms with Gasteiger partial charge in [-0.3, -0.25) is 0 Å². The van der Waals surface area contributed by atoms with Gasteiger partial charge < -0.3 is 0 Å². The molecule has 0 saturated heterocycles. The Kier molecular flexibility index (Phi) is 12.6. The van der Waals surface area contributed by atoms with Crippen LogP contribution < -0.4 is 0 Å². The van der Waals surface area contributed by atoms with E-state index in [1.54, 1.807) is 0 Å². The molecular formula is C32H48N2. The molecule has 2 aliphatic rings. The normalized spacial score (nSPS) is 24.5.